The number of hydrogen-bond donors (Lipinski definition) is 1. The molecule has 2 saturated carbocycles. The second-order valence-corrected chi connectivity index (χ2v) is 7.79. The Kier molecular flexibility index (Phi) is 7.52. The first kappa shape index (κ1) is 20.5. The van der Waals surface area contributed by atoms with Gasteiger partial charge in [0.05, 0.1) is 13.1 Å². The molecular weight excluding hydrogens is 342 g/mol. The summed E-state index contributed by atoms with van der Waals surface area (Å²) in [6.07, 6.45) is 9.17. The molecule has 1 saturated heterocycles. The van der Waals surface area contributed by atoms with Crippen LogP contribution < -0.4 is 0 Å². The van der Waals surface area contributed by atoms with Gasteiger partial charge in [0.15, 0.2) is 0 Å². The number of halogens is 1. The zero-order chi connectivity index (χ0) is 17.1. The normalized spacial score (nSPS) is 22.8. The molecule has 0 aromatic heterocycles. The summed E-state index contributed by atoms with van der Waals surface area (Å²) in [6.45, 7) is 2.43. The van der Waals surface area contributed by atoms with Crippen LogP contribution >= 0.6 is 12.4 Å². The summed E-state index contributed by atoms with van der Waals surface area (Å²) in [6, 6.07) is 1.32. The minimum atomic E-state index is -0.772. The highest BCUT2D eigenvalue weighted by molar-refractivity contribution is 5.85. The molecule has 0 aromatic carbocycles. The van der Waals surface area contributed by atoms with E-state index in [-0.39, 0.29) is 19.0 Å². The summed E-state index contributed by atoms with van der Waals surface area (Å²) in [5, 5.41) is 8.91. The van der Waals surface area contributed by atoms with Gasteiger partial charge >= 0.3 is 5.97 Å². The van der Waals surface area contributed by atoms with Crippen LogP contribution in [-0.4, -0.2) is 83.0 Å². The molecule has 0 unspecified atom stereocenters. The zero-order valence-electron chi connectivity index (χ0n) is 15.2. The Balaban J connectivity index is 0.00000225. The third-order valence-corrected chi connectivity index (χ3v) is 5.87. The summed E-state index contributed by atoms with van der Waals surface area (Å²) >= 11 is 0. The van der Waals surface area contributed by atoms with Crippen molar-refractivity contribution < 1.29 is 14.7 Å². The van der Waals surface area contributed by atoms with Crippen LogP contribution in [0.4, 0.5) is 0 Å². The molecule has 1 N–H and O–H groups in total. The fraction of sp³-hybridized carbons (Fsp3) is 0.889. The predicted octanol–water partition coefficient (Wildman–Crippen LogP) is 1.82. The van der Waals surface area contributed by atoms with Crippen molar-refractivity contribution in [3.63, 3.8) is 0 Å². The number of likely N-dealkylation sites (tertiary alicyclic amines) is 1. The molecule has 3 aliphatic rings. The highest BCUT2D eigenvalue weighted by atomic mass is 35.5. The quantitative estimate of drug-likeness (QED) is 0.737. The third kappa shape index (κ3) is 5.56. The number of rotatable bonds is 7. The van der Waals surface area contributed by atoms with E-state index >= 15 is 0 Å². The fourth-order valence-electron chi connectivity index (χ4n) is 4.37. The van der Waals surface area contributed by atoms with E-state index in [1.54, 1.807) is 0 Å². The Morgan fingerprint density at radius 2 is 1.52 bits per heavy atom. The maximum Gasteiger partial charge on any atom is 0.317 e. The molecule has 0 spiro atoms. The minimum Gasteiger partial charge on any atom is -0.480 e. The van der Waals surface area contributed by atoms with Gasteiger partial charge in [-0.2, -0.15) is 0 Å². The Morgan fingerprint density at radius 1 is 0.960 bits per heavy atom. The van der Waals surface area contributed by atoms with E-state index in [4.69, 9.17) is 5.11 Å². The molecule has 0 bridgehead atoms. The van der Waals surface area contributed by atoms with Crippen molar-refractivity contribution in [3.8, 4) is 0 Å². The van der Waals surface area contributed by atoms with Crippen LogP contribution in [0, 0.1) is 0 Å². The van der Waals surface area contributed by atoms with Crippen LogP contribution in [0.15, 0.2) is 0 Å². The predicted molar refractivity (Wildman–Crippen MR) is 99.1 cm³/mol. The van der Waals surface area contributed by atoms with Gasteiger partial charge in [0.1, 0.15) is 0 Å². The lowest BCUT2D eigenvalue weighted by molar-refractivity contribution is -0.138. The highest BCUT2D eigenvalue weighted by Gasteiger charge is 2.38. The molecule has 1 aliphatic heterocycles. The standard InChI is InChI=1S/C18H31N3O3.ClH/c1-19(13-18(23)24)14-8-10-20(11-9-14)12-17(22)21(16-6-7-16)15-4-2-3-5-15;/h14-16H,2-13H2,1H3,(H,23,24);1H. The molecule has 25 heavy (non-hydrogen) atoms. The maximum atomic E-state index is 12.8. The van der Waals surface area contributed by atoms with Gasteiger partial charge < -0.3 is 10.0 Å². The molecule has 2 aliphatic carbocycles. The average molecular weight is 374 g/mol. The largest absolute Gasteiger partial charge is 0.480 e. The van der Waals surface area contributed by atoms with Gasteiger partial charge in [-0.3, -0.25) is 19.4 Å². The number of carboxylic acid groups (broad SMARTS) is 1. The van der Waals surface area contributed by atoms with Crippen LogP contribution in [0.3, 0.4) is 0 Å². The number of hydrogen-bond acceptors (Lipinski definition) is 4. The molecule has 1 amide bonds. The average Bonchev–Trinajstić information content (AvgIpc) is 3.21. The van der Waals surface area contributed by atoms with Gasteiger partial charge in [0, 0.05) is 31.2 Å². The van der Waals surface area contributed by atoms with E-state index in [0.29, 0.717) is 30.6 Å². The van der Waals surface area contributed by atoms with Crippen molar-refractivity contribution in [1.29, 1.82) is 0 Å². The fourth-order valence-corrected chi connectivity index (χ4v) is 4.37. The number of amides is 1. The Hall–Kier alpha value is -0.850. The second kappa shape index (κ2) is 9.19. The van der Waals surface area contributed by atoms with Crippen LogP contribution in [0.1, 0.15) is 51.4 Å². The molecule has 144 valence electrons. The number of carbonyl (C=O) groups excluding carboxylic acids is 1. The van der Waals surface area contributed by atoms with Gasteiger partial charge in [-0.15, -0.1) is 12.4 Å². The smallest absolute Gasteiger partial charge is 0.317 e. The molecule has 0 aromatic rings. The van der Waals surface area contributed by atoms with Crippen molar-refractivity contribution in [3.05, 3.63) is 0 Å². The van der Waals surface area contributed by atoms with Gasteiger partial charge in [-0.1, -0.05) is 12.8 Å². The van der Waals surface area contributed by atoms with E-state index in [2.05, 4.69) is 9.80 Å². The van der Waals surface area contributed by atoms with Crippen molar-refractivity contribution in [1.82, 2.24) is 14.7 Å². The maximum absolute atomic E-state index is 12.8. The first-order valence-corrected chi connectivity index (χ1v) is 9.50. The van der Waals surface area contributed by atoms with Crippen molar-refractivity contribution in [2.75, 3.05) is 33.2 Å². The second-order valence-electron chi connectivity index (χ2n) is 7.79. The number of carbonyl (C=O) groups is 2. The monoisotopic (exact) mass is 373 g/mol. The van der Waals surface area contributed by atoms with E-state index in [0.717, 1.165) is 25.9 Å². The van der Waals surface area contributed by atoms with Gasteiger partial charge in [-0.25, -0.2) is 0 Å². The molecule has 1 heterocycles. The number of nitrogens with zero attached hydrogens (tertiary/aromatic N) is 3. The SMILES string of the molecule is CN(CC(=O)O)C1CCN(CC(=O)N(C2CCCC2)C2CC2)CC1.Cl. The number of piperidine rings is 1. The topological polar surface area (TPSA) is 64.1 Å². The molecule has 3 fully saturated rings. The van der Waals surface area contributed by atoms with Gasteiger partial charge in [0.2, 0.25) is 5.91 Å². The summed E-state index contributed by atoms with van der Waals surface area (Å²) in [4.78, 5) is 30.1. The Morgan fingerprint density at radius 3 is 2.04 bits per heavy atom. The lowest BCUT2D eigenvalue weighted by Crippen LogP contribution is -2.50. The number of carboxylic acids is 1. The first-order chi connectivity index (χ1) is 11.5. The van der Waals surface area contributed by atoms with Crippen LogP contribution in [0.5, 0.6) is 0 Å². The third-order valence-electron chi connectivity index (χ3n) is 5.87. The summed E-state index contributed by atoms with van der Waals surface area (Å²) in [5.74, 6) is -0.450. The Labute approximate surface area is 156 Å². The summed E-state index contributed by atoms with van der Waals surface area (Å²) in [7, 11) is 1.88. The van der Waals surface area contributed by atoms with Gasteiger partial charge in [-0.05, 0) is 45.6 Å². The van der Waals surface area contributed by atoms with Crippen LogP contribution in [-0.2, 0) is 9.59 Å². The van der Waals surface area contributed by atoms with Gasteiger partial charge in [0.25, 0.3) is 0 Å². The van der Waals surface area contributed by atoms with Crippen molar-refractivity contribution >= 4 is 24.3 Å². The molecule has 7 heteroatoms. The molecule has 3 rings (SSSR count). The summed E-state index contributed by atoms with van der Waals surface area (Å²) in [5.41, 5.74) is 0. The zero-order valence-corrected chi connectivity index (χ0v) is 16.0. The minimum absolute atomic E-state index is 0. The summed E-state index contributed by atoms with van der Waals surface area (Å²) < 4.78 is 0. The van der Waals surface area contributed by atoms with Crippen molar-refractivity contribution in [2.24, 2.45) is 0 Å². The Bertz CT molecular complexity index is 458. The molecule has 6 nitrogen and oxygen atoms in total. The van der Waals surface area contributed by atoms with E-state index in [1.165, 1.54) is 38.5 Å². The molecule has 0 atom stereocenters. The first-order valence-electron chi connectivity index (χ1n) is 9.50. The van der Waals surface area contributed by atoms with Crippen molar-refractivity contribution in [2.45, 2.75) is 69.5 Å². The van der Waals surface area contributed by atoms with E-state index in [1.807, 2.05) is 11.9 Å². The van der Waals surface area contributed by atoms with E-state index < -0.39 is 5.97 Å². The van der Waals surface area contributed by atoms with Crippen LogP contribution in [0.25, 0.3) is 0 Å². The lowest BCUT2D eigenvalue weighted by atomic mass is 10.0. The van der Waals surface area contributed by atoms with Crippen LogP contribution in [0.2, 0.25) is 0 Å². The molecule has 0 radical (unpaired) electrons. The number of likely N-dealkylation sites (N-methyl/N-ethyl adjacent to an activating group) is 1. The molecular formula is C18H32ClN3O3. The van der Waals surface area contributed by atoms with E-state index in [9.17, 15) is 9.59 Å². The highest BCUT2D eigenvalue weighted by Crippen LogP contribution is 2.34. The lowest BCUT2D eigenvalue weighted by Gasteiger charge is -2.37. The number of aliphatic carboxylic acids is 1.